The van der Waals surface area contributed by atoms with Gasteiger partial charge >= 0.3 is 0 Å². The fraction of sp³-hybridized carbons (Fsp3) is 0.250. The van der Waals surface area contributed by atoms with Gasteiger partial charge in [-0.2, -0.15) is 0 Å². The molecule has 0 spiro atoms. The Bertz CT molecular complexity index is 576. The lowest BCUT2D eigenvalue weighted by molar-refractivity contribution is 0.485. The molecule has 19 heavy (non-hydrogen) atoms. The van der Waals surface area contributed by atoms with Crippen molar-refractivity contribution < 1.29 is 4.39 Å². The molecule has 100 valence electrons. The molecule has 2 aromatic rings. The van der Waals surface area contributed by atoms with E-state index in [0.29, 0.717) is 17.0 Å². The zero-order chi connectivity index (χ0) is 14.0. The summed E-state index contributed by atoms with van der Waals surface area (Å²) >= 11 is 5.86. The average molecular weight is 278 g/mol. The Morgan fingerprint density at radius 1 is 1.16 bits per heavy atom. The second-order valence-electron chi connectivity index (χ2n) is 5.18. The summed E-state index contributed by atoms with van der Waals surface area (Å²) in [5.74, 6) is -0.217. The smallest absolute Gasteiger partial charge is 0.126 e. The average Bonchev–Trinajstić information content (AvgIpc) is 2.35. The Hall–Kier alpha value is -1.38. The molecule has 2 aromatic carbocycles. The van der Waals surface area contributed by atoms with Gasteiger partial charge in [0.25, 0.3) is 0 Å². The number of benzene rings is 2. The van der Waals surface area contributed by atoms with Gasteiger partial charge in [0, 0.05) is 10.6 Å². The summed E-state index contributed by atoms with van der Waals surface area (Å²) in [5.41, 5.74) is 8.23. The predicted molar refractivity (Wildman–Crippen MR) is 77.8 cm³/mol. The van der Waals surface area contributed by atoms with Gasteiger partial charge < -0.3 is 5.73 Å². The third kappa shape index (κ3) is 3.34. The molecule has 3 heteroatoms. The zero-order valence-electron chi connectivity index (χ0n) is 11.1. The summed E-state index contributed by atoms with van der Waals surface area (Å²) in [4.78, 5) is 0. The van der Waals surface area contributed by atoms with Gasteiger partial charge in [-0.05, 0) is 55.2 Å². The highest BCUT2D eigenvalue weighted by molar-refractivity contribution is 6.30. The van der Waals surface area contributed by atoms with E-state index in [-0.39, 0.29) is 5.82 Å². The highest BCUT2D eigenvalue weighted by Gasteiger charge is 2.22. The van der Waals surface area contributed by atoms with Crippen molar-refractivity contribution in [3.8, 4) is 0 Å². The zero-order valence-corrected chi connectivity index (χ0v) is 11.8. The molecule has 0 amide bonds. The highest BCUT2D eigenvalue weighted by Crippen LogP contribution is 2.25. The SMILES string of the molecule is Cc1ccc(C(C)(N)Cc2ccc(Cl)cc2)cc1F. The van der Waals surface area contributed by atoms with Gasteiger partial charge in [-0.15, -0.1) is 0 Å². The predicted octanol–water partition coefficient (Wildman–Crippen LogP) is 4.20. The summed E-state index contributed by atoms with van der Waals surface area (Å²) in [7, 11) is 0. The number of hydrogen-bond donors (Lipinski definition) is 1. The molecule has 0 saturated carbocycles. The molecular formula is C16H17ClFN. The lowest BCUT2D eigenvalue weighted by atomic mass is 9.86. The minimum Gasteiger partial charge on any atom is -0.321 e. The van der Waals surface area contributed by atoms with E-state index in [0.717, 1.165) is 11.1 Å². The monoisotopic (exact) mass is 277 g/mol. The van der Waals surface area contributed by atoms with Crippen LogP contribution in [-0.4, -0.2) is 0 Å². The first kappa shape index (κ1) is 14.0. The number of aryl methyl sites for hydroxylation is 1. The standard InChI is InChI=1S/C16H17ClFN/c1-11-3-6-13(9-15(11)18)16(2,19)10-12-4-7-14(17)8-5-12/h3-9H,10,19H2,1-2H3. The van der Waals surface area contributed by atoms with Crippen molar-refractivity contribution in [3.63, 3.8) is 0 Å². The van der Waals surface area contributed by atoms with Crippen LogP contribution >= 0.6 is 11.6 Å². The third-order valence-electron chi connectivity index (χ3n) is 3.32. The van der Waals surface area contributed by atoms with E-state index in [4.69, 9.17) is 17.3 Å². The van der Waals surface area contributed by atoms with Crippen LogP contribution in [0.25, 0.3) is 0 Å². The molecular weight excluding hydrogens is 261 g/mol. The van der Waals surface area contributed by atoms with Crippen LogP contribution < -0.4 is 5.73 Å². The minimum atomic E-state index is -0.609. The van der Waals surface area contributed by atoms with Crippen molar-refractivity contribution in [2.75, 3.05) is 0 Å². The summed E-state index contributed by atoms with van der Waals surface area (Å²) < 4.78 is 13.6. The molecule has 2 N–H and O–H groups in total. The van der Waals surface area contributed by atoms with Crippen LogP contribution in [0.2, 0.25) is 5.02 Å². The van der Waals surface area contributed by atoms with Crippen LogP contribution in [0, 0.1) is 12.7 Å². The Kier molecular flexibility index (Phi) is 3.93. The molecule has 0 aliphatic rings. The minimum absolute atomic E-state index is 0.217. The topological polar surface area (TPSA) is 26.0 Å². The van der Waals surface area contributed by atoms with Crippen molar-refractivity contribution in [1.29, 1.82) is 0 Å². The lowest BCUT2D eigenvalue weighted by Crippen LogP contribution is -2.35. The van der Waals surface area contributed by atoms with Crippen LogP contribution in [0.4, 0.5) is 4.39 Å². The fourth-order valence-electron chi connectivity index (χ4n) is 2.08. The van der Waals surface area contributed by atoms with Gasteiger partial charge in [-0.3, -0.25) is 0 Å². The van der Waals surface area contributed by atoms with Gasteiger partial charge in [0.1, 0.15) is 5.82 Å². The van der Waals surface area contributed by atoms with Crippen LogP contribution in [0.1, 0.15) is 23.6 Å². The fourth-order valence-corrected chi connectivity index (χ4v) is 2.20. The quantitative estimate of drug-likeness (QED) is 0.894. The molecule has 1 nitrogen and oxygen atoms in total. The van der Waals surface area contributed by atoms with Crippen molar-refractivity contribution in [2.24, 2.45) is 5.73 Å². The molecule has 0 radical (unpaired) electrons. The van der Waals surface area contributed by atoms with E-state index in [1.807, 2.05) is 37.3 Å². The van der Waals surface area contributed by atoms with E-state index in [1.165, 1.54) is 6.07 Å². The Balaban J connectivity index is 2.26. The van der Waals surface area contributed by atoms with E-state index >= 15 is 0 Å². The van der Waals surface area contributed by atoms with E-state index in [2.05, 4.69) is 0 Å². The Morgan fingerprint density at radius 3 is 2.37 bits per heavy atom. The summed E-state index contributed by atoms with van der Waals surface area (Å²) in [6, 6.07) is 12.7. The van der Waals surface area contributed by atoms with E-state index < -0.39 is 5.54 Å². The van der Waals surface area contributed by atoms with Gasteiger partial charge in [0.2, 0.25) is 0 Å². The number of halogens is 2. The summed E-state index contributed by atoms with van der Waals surface area (Å²) in [5, 5.41) is 0.698. The number of hydrogen-bond acceptors (Lipinski definition) is 1. The second kappa shape index (κ2) is 5.32. The normalized spacial score (nSPS) is 14.2. The van der Waals surface area contributed by atoms with Crippen LogP contribution in [0.5, 0.6) is 0 Å². The first-order chi connectivity index (χ1) is 8.88. The first-order valence-corrected chi connectivity index (χ1v) is 6.56. The van der Waals surface area contributed by atoms with Crippen LogP contribution in [0.15, 0.2) is 42.5 Å². The van der Waals surface area contributed by atoms with Crippen molar-refractivity contribution in [1.82, 2.24) is 0 Å². The molecule has 1 atom stereocenters. The molecule has 0 aliphatic carbocycles. The van der Waals surface area contributed by atoms with Crippen molar-refractivity contribution in [3.05, 3.63) is 70.0 Å². The second-order valence-corrected chi connectivity index (χ2v) is 5.62. The van der Waals surface area contributed by atoms with Gasteiger partial charge in [0.05, 0.1) is 0 Å². The maximum absolute atomic E-state index is 13.6. The molecule has 0 aliphatic heterocycles. The Labute approximate surface area is 118 Å². The van der Waals surface area contributed by atoms with E-state index in [9.17, 15) is 4.39 Å². The molecule has 0 bridgehead atoms. The Morgan fingerprint density at radius 2 is 1.79 bits per heavy atom. The largest absolute Gasteiger partial charge is 0.321 e. The summed E-state index contributed by atoms with van der Waals surface area (Å²) in [6.07, 6.45) is 0.632. The van der Waals surface area contributed by atoms with Crippen LogP contribution in [0.3, 0.4) is 0 Å². The number of nitrogens with two attached hydrogens (primary N) is 1. The summed E-state index contributed by atoms with van der Waals surface area (Å²) in [6.45, 7) is 3.65. The maximum atomic E-state index is 13.6. The molecule has 0 aromatic heterocycles. The molecule has 0 heterocycles. The van der Waals surface area contributed by atoms with E-state index in [1.54, 1.807) is 13.0 Å². The lowest BCUT2D eigenvalue weighted by Gasteiger charge is -2.26. The molecule has 2 rings (SSSR count). The van der Waals surface area contributed by atoms with Crippen molar-refractivity contribution >= 4 is 11.6 Å². The first-order valence-electron chi connectivity index (χ1n) is 6.18. The van der Waals surface area contributed by atoms with Gasteiger partial charge in [-0.1, -0.05) is 35.9 Å². The maximum Gasteiger partial charge on any atom is 0.126 e. The van der Waals surface area contributed by atoms with Gasteiger partial charge in [0.15, 0.2) is 0 Å². The number of rotatable bonds is 3. The molecule has 0 saturated heterocycles. The molecule has 1 unspecified atom stereocenters. The third-order valence-corrected chi connectivity index (χ3v) is 3.57. The van der Waals surface area contributed by atoms with Crippen LogP contribution in [-0.2, 0) is 12.0 Å². The highest BCUT2D eigenvalue weighted by atomic mass is 35.5. The molecule has 0 fully saturated rings. The van der Waals surface area contributed by atoms with Gasteiger partial charge in [-0.25, -0.2) is 4.39 Å². The van der Waals surface area contributed by atoms with Crippen molar-refractivity contribution in [2.45, 2.75) is 25.8 Å².